The fraction of sp³-hybridized carbons (Fsp3) is 0.357. The predicted molar refractivity (Wildman–Crippen MR) is 80.5 cm³/mol. The van der Waals surface area contributed by atoms with Crippen LogP contribution in [0.15, 0.2) is 24.3 Å². The van der Waals surface area contributed by atoms with Gasteiger partial charge in [-0.15, -0.1) is 0 Å². The second-order valence-corrected chi connectivity index (χ2v) is 5.90. The number of carboxylic acid groups (broad SMARTS) is 1. The molecule has 7 heteroatoms. The summed E-state index contributed by atoms with van der Waals surface area (Å²) in [5.74, 6) is -0.745. The van der Waals surface area contributed by atoms with Gasteiger partial charge in [0.2, 0.25) is 5.91 Å². The number of anilines is 1. The first kappa shape index (κ1) is 15.4. The zero-order valence-electron chi connectivity index (χ0n) is 11.5. The predicted octanol–water partition coefficient (Wildman–Crippen LogP) is 2.03. The van der Waals surface area contributed by atoms with Gasteiger partial charge in [0.25, 0.3) is 5.24 Å². The van der Waals surface area contributed by atoms with Gasteiger partial charge >= 0.3 is 5.97 Å². The highest BCUT2D eigenvalue weighted by Gasteiger charge is 2.27. The SMILES string of the molecule is CC(CC(=O)O)c1ccc(NC(=O)C2CSC(=O)N2)cc1. The number of carboxylic acids is 1. The lowest BCUT2D eigenvalue weighted by Gasteiger charge is -2.12. The molecule has 1 heterocycles. The zero-order valence-corrected chi connectivity index (χ0v) is 12.3. The molecule has 1 aromatic rings. The van der Waals surface area contributed by atoms with Crippen molar-refractivity contribution >= 4 is 34.6 Å². The van der Waals surface area contributed by atoms with E-state index in [1.165, 1.54) is 0 Å². The van der Waals surface area contributed by atoms with Gasteiger partial charge in [-0.05, 0) is 23.6 Å². The average molecular weight is 308 g/mol. The fourth-order valence-electron chi connectivity index (χ4n) is 2.03. The number of hydrogen-bond acceptors (Lipinski definition) is 4. The molecule has 0 saturated carbocycles. The van der Waals surface area contributed by atoms with Crippen molar-refractivity contribution in [2.24, 2.45) is 0 Å². The first-order valence-electron chi connectivity index (χ1n) is 6.51. The smallest absolute Gasteiger partial charge is 0.303 e. The van der Waals surface area contributed by atoms with Gasteiger partial charge in [0.05, 0.1) is 6.42 Å². The minimum atomic E-state index is -0.839. The molecule has 0 radical (unpaired) electrons. The number of carbonyl (C=O) groups excluding carboxylic acids is 2. The highest BCUT2D eigenvalue weighted by Crippen LogP contribution is 2.21. The Bertz CT molecular complexity index is 559. The van der Waals surface area contributed by atoms with Crippen LogP contribution in [-0.4, -0.2) is 34.0 Å². The second-order valence-electron chi connectivity index (χ2n) is 4.91. The Hall–Kier alpha value is -2.02. The van der Waals surface area contributed by atoms with E-state index in [1.807, 2.05) is 6.92 Å². The maximum Gasteiger partial charge on any atom is 0.303 e. The van der Waals surface area contributed by atoms with Crippen molar-refractivity contribution in [3.8, 4) is 0 Å². The zero-order chi connectivity index (χ0) is 15.4. The molecule has 2 unspecified atom stereocenters. The van der Waals surface area contributed by atoms with E-state index in [0.29, 0.717) is 11.4 Å². The average Bonchev–Trinajstić information content (AvgIpc) is 2.85. The van der Waals surface area contributed by atoms with Crippen molar-refractivity contribution in [3.63, 3.8) is 0 Å². The maximum absolute atomic E-state index is 11.9. The molecular weight excluding hydrogens is 292 g/mol. The first-order chi connectivity index (χ1) is 9.95. The summed E-state index contributed by atoms with van der Waals surface area (Å²) in [7, 11) is 0. The normalized spacial score (nSPS) is 18.9. The van der Waals surface area contributed by atoms with Crippen molar-refractivity contribution in [1.29, 1.82) is 0 Å². The monoisotopic (exact) mass is 308 g/mol. The summed E-state index contributed by atoms with van der Waals surface area (Å²) in [6.07, 6.45) is 0.0665. The molecule has 1 fully saturated rings. The Morgan fingerprint density at radius 2 is 2.10 bits per heavy atom. The Morgan fingerprint density at radius 1 is 1.43 bits per heavy atom. The highest BCUT2D eigenvalue weighted by molar-refractivity contribution is 8.14. The van der Waals surface area contributed by atoms with Gasteiger partial charge in [-0.25, -0.2) is 0 Å². The lowest BCUT2D eigenvalue weighted by molar-refractivity contribution is -0.137. The van der Waals surface area contributed by atoms with Crippen LogP contribution in [0.5, 0.6) is 0 Å². The molecule has 1 saturated heterocycles. The van der Waals surface area contributed by atoms with Gasteiger partial charge < -0.3 is 15.7 Å². The molecule has 1 aromatic carbocycles. The number of rotatable bonds is 5. The number of nitrogens with one attached hydrogen (secondary N) is 2. The highest BCUT2D eigenvalue weighted by atomic mass is 32.2. The van der Waals surface area contributed by atoms with Gasteiger partial charge in [-0.2, -0.15) is 0 Å². The number of carbonyl (C=O) groups is 3. The topological polar surface area (TPSA) is 95.5 Å². The van der Waals surface area contributed by atoms with Crippen LogP contribution in [0, 0.1) is 0 Å². The van der Waals surface area contributed by atoms with E-state index >= 15 is 0 Å². The molecule has 1 aliphatic rings. The van der Waals surface area contributed by atoms with Gasteiger partial charge in [0, 0.05) is 11.4 Å². The van der Waals surface area contributed by atoms with Crippen molar-refractivity contribution in [2.45, 2.75) is 25.3 Å². The standard InChI is InChI=1S/C14H16N2O4S/c1-8(6-12(17)18)9-2-4-10(5-3-9)15-13(19)11-7-21-14(20)16-11/h2-5,8,11H,6-7H2,1H3,(H,15,19)(H,16,20)(H,17,18). The van der Waals surface area contributed by atoms with Crippen LogP contribution in [0.3, 0.4) is 0 Å². The minimum Gasteiger partial charge on any atom is -0.481 e. The van der Waals surface area contributed by atoms with Crippen molar-refractivity contribution < 1.29 is 19.5 Å². The lowest BCUT2D eigenvalue weighted by Crippen LogP contribution is -2.38. The summed E-state index contributed by atoms with van der Waals surface area (Å²) in [6.45, 7) is 1.84. The molecule has 0 spiro atoms. The molecule has 2 atom stereocenters. The molecule has 0 aromatic heterocycles. The summed E-state index contributed by atoms with van der Waals surface area (Å²) < 4.78 is 0. The van der Waals surface area contributed by atoms with Crippen LogP contribution in [0.25, 0.3) is 0 Å². The number of aliphatic carboxylic acids is 1. The summed E-state index contributed by atoms with van der Waals surface area (Å²) >= 11 is 1.09. The molecule has 3 N–H and O–H groups in total. The van der Waals surface area contributed by atoms with Gasteiger partial charge in [-0.3, -0.25) is 14.4 Å². The maximum atomic E-state index is 11.9. The number of amides is 2. The molecule has 1 aliphatic heterocycles. The summed E-state index contributed by atoms with van der Waals surface area (Å²) in [5.41, 5.74) is 1.53. The van der Waals surface area contributed by atoms with E-state index < -0.39 is 12.0 Å². The van der Waals surface area contributed by atoms with Crippen LogP contribution in [0.1, 0.15) is 24.8 Å². The third kappa shape index (κ3) is 4.22. The second kappa shape index (κ2) is 6.62. The van der Waals surface area contributed by atoms with Gasteiger partial charge in [0.15, 0.2) is 0 Å². The largest absolute Gasteiger partial charge is 0.481 e. The van der Waals surface area contributed by atoms with Crippen molar-refractivity contribution in [1.82, 2.24) is 5.32 Å². The third-order valence-electron chi connectivity index (χ3n) is 3.22. The van der Waals surface area contributed by atoms with Crippen LogP contribution in [0.2, 0.25) is 0 Å². The van der Waals surface area contributed by atoms with E-state index in [1.54, 1.807) is 24.3 Å². The molecule has 2 rings (SSSR count). The quantitative estimate of drug-likeness (QED) is 0.773. The lowest BCUT2D eigenvalue weighted by atomic mass is 9.98. The van der Waals surface area contributed by atoms with E-state index in [9.17, 15) is 14.4 Å². The molecule has 21 heavy (non-hydrogen) atoms. The fourth-order valence-corrected chi connectivity index (χ4v) is 2.81. The molecular formula is C14H16N2O4S. The van der Waals surface area contributed by atoms with E-state index in [0.717, 1.165) is 17.3 Å². The number of hydrogen-bond donors (Lipinski definition) is 3. The Labute approximate surface area is 126 Å². The van der Waals surface area contributed by atoms with Gasteiger partial charge in [-0.1, -0.05) is 30.8 Å². The Morgan fingerprint density at radius 3 is 2.62 bits per heavy atom. The van der Waals surface area contributed by atoms with E-state index in [2.05, 4.69) is 10.6 Å². The van der Waals surface area contributed by atoms with Crippen LogP contribution in [-0.2, 0) is 9.59 Å². The van der Waals surface area contributed by atoms with Crippen LogP contribution < -0.4 is 10.6 Å². The van der Waals surface area contributed by atoms with Crippen molar-refractivity contribution in [3.05, 3.63) is 29.8 Å². The third-order valence-corrected chi connectivity index (χ3v) is 4.10. The Kier molecular flexibility index (Phi) is 4.85. The Balaban J connectivity index is 1.94. The molecule has 112 valence electrons. The summed E-state index contributed by atoms with van der Waals surface area (Å²) in [4.78, 5) is 33.6. The summed E-state index contributed by atoms with van der Waals surface area (Å²) in [6, 6.07) is 6.55. The number of thioether (sulfide) groups is 1. The molecule has 0 bridgehead atoms. The molecule has 0 aliphatic carbocycles. The first-order valence-corrected chi connectivity index (χ1v) is 7.50. The number of benzene rings is 1. The van der Waals surface area contributed by atoms with Crippen LogP contribution in [0.4, 0.5) is 10.5 Å². The van der Waals surface area contributed by atoms with Crippen LogP contribution >= 0.6 is 11.8 Å². The van der Waals surface area contributed by atoms with Gasteiger partial charge in [0.1, 0.15) is 6.04 Å². The van der Waals surface area contributed by atoms with E-state index in [-0.39, 0.29) is 23.5 Å². The van der Waals surface area contributed by atoms with E-state index in [4.69, 9.17) is 5.11 Å². The molecule has 2 amide bonds. The molecule has 6 nitrogen and oxygen atoms in total. The summed E-state index contributed by atoms with van der Waals surface area (Å²) in [5, 5.41) is 13.9. The van der Waals surface area contributed by atoms with Crippen molar-refractivity contribution in [2.75, 3.05) is 11.1 Å². The minimum absolute atomic E-state index is 0.0665.